The summed E-state index contributed by atoms with van der Waals surface area (Å²) >= 11 is 0. The molecule has 0 saturated carbocycles. The van der Waals surface area contributed by atoms with E-state index < -0.39 is 0 Å². The van der Waals surface area contributed by atoms with Crippen LogP contribution in [0.5, 0.6) is 0 Å². The van der Waals surface area contributed by atoms with Crippen molar-refractivity contribution in [2.45, 2.75) is 39.0 Å². The molecule has 3 heteroatoms. The molecular formula is C18H24N2O. The number of nitrogens with zero attached hydrogens (tertiary/aromatic N) is 2. The minimum Gasteiger partial charge on any atom is -0.343 e. The molecule has 0 aromatic heterocycles. The summed E-state index contributed by atoms with van der Waals surface area (Å²) in [5.41, 5.74) is 1.24. The van der Waals surface area contributed by atoms with E-state index in [4.69, 9.17) is 5.26 Å². The topological polar surface area (TPSA) is 44.1 Å². The summed E-state index contributed by atoms with van der Waals surface area (Å²) in [5.74, 6) is 1.07. The minimum absolute atomic E-state index is 0.129. The molecule has 0 N–H and O–H groups in total. The monoisotopic (exact) mass is 284 g/mol. The van der Waals surface area contributed by atoms with E-state index in [0.717, 1.165) is 25.9 Å². The Morgan fingerprint density at radius 3 is 2.43 bits per heavy atom. The van der Waals surface area contributed by atoms with Gasteiger partial charge in [0, 0.05) is 25.4 Å². The molecule has 0 aliphatic carbocycles. The molecule has 1 aromatic carbocycles. The fraction of sp³-hybridized carbons (Fsp3) is 0.556. The van der Waals surface area contributed by atoms with E-state index in [0.29, 0.717) is 12.3 Å². The predicted molar refractivity (Wildman–Crippen MR) is 83.6 cm³/mol. The number of rotatable bonds is 4. The van der Waals surface area contributed by atoms with Crippen molar-refractivity contribution in [3.05, 3.63) is 35.9 Å². The predicted octanol–water partition coefficient (Wildman–Crippen LogP) is 3.58. The van der Waals surface area contributed by atoms with Crippen LogP contribution in [0.1, 0.15) is 44.6 Å². The van der Waals surface area contributed by atoms with Crippen molar-refractivity contribution in [1.82, 2.24) is 4.90 Å². The van der Waals surface area contributed by atoms with Crippen LogP contribution in [-0.4, -0.2) is 23.9 Å². The summed E-state index contributed by atoms with van der Waals surface area (Å²) in [7, 11) is 0. The number of likely N-dealkylation sites (tertiary alicyclic amines) is 1. The van der Waals surface area contributed by atoms with Crippen LogP contribution in [0.3, 0.4) is 0 Å². The Morgan fingerprint density at radius 2 is 1.90 bits per heavy atom. The first kappa shape index (κ1) is 15.6. The molecule has 21 heavy (non-hydrogen) atoms. The second-order valence-corrected chi connectivity index (χ2v) is 6.25. The van der Waals surface area contributed by atoms with Gasteiger partial charge in [-0.05, 0) is 30.2 Å². The third-order valence-electron chi connectivity index (χ3n) is 4.46. The highest BCUT2D eigenvalue weighted by atomic mass is 16.2. The molecule has 1 aliphatic rings. The number of piperidine rings is 1. The number of hydrogen-bond acceptors (Lipinski definition) is 2. The molecule has 1 heterocycles. The number of amides is 1. The number of benzene rings is 1. The quantitative estimate of drug-likeness (QED) is 0.848. The second kappa shape index (κ2) is 7.26. The van der Waals surface area contributed by atoms with Crippen molar-refractivity contribution in [2.75, 3.05) is 13.1 Å². The SMILES string of the molecule is CC(C)C(CC(=O)N1CCC(C#N)CC1)c1ccccc1. The summed E-state index contributed by atoms with van der Waals surface area (Å²) < 4.78 is 0. The zero-order valence-corrected chi connectivity index (χ0v) is 13.0. The third-order valence-corrected chi connectivity index (χ3v) is 4.46. The summed E-state index contributed by atoms with van der Waals surface area (Å²) in [6, 6.07) is 12.6. The first-order valence-electron chi connectivity index (χ1n) is 7.84. The molecule has 1 aromatic rings. The lowest BCUT2D eigenvalue weighted by atomic mass is 9.85. The lowest BCUT2D eigenvalue weighted by molar-refractivity contribution is -0.133. The van der Waals surface area contributed by atoms with E-state index in [1.165, 1.54) is 5.56 Å². The van der Waals surface area contributed by atoms with E-state index in [1.54, 1.807) is 0 Å². The lowest BCUT2D eigenvalue weighted by Crippen LogP contribution is -2.39. The van der Waals surface area contributed by atoms with E-state index in [1.807, 2.05) is 23.1 Å². The van der Waals surface area contributed by atoms with Crippen LogP contribution in [0.4, 0.5) is 0 Å². The van der Waals surface area contributed by atoms with Gasteiger partial charge in [0.05, 0.1) is 6.07 Å². The molecule has 2 rings (SSSR count). The number of carbonyl (C=O) groups is 1. The van der Waals surface area contributed by atoms with E-state index in [2.05, 4.69) is 32.0 Å². The summed E-state index contributed by atoms with van der Waals surface area (Å²) in [6.07, 6.45) is 2.21. The average Bonchev–Trinajstić information content (AvgIpc) is 2.53. The Labute approximate surface area is 127 Å². The van der Waals surface area contributed by atoms with Crippen molar-refractivity contribution >= 4 is 5.91 Å². The van der Waals surface area contributed by atoms with Gasteiger partial charge in [0.1, 0.15) is 0 Å². The highest BCUT2D eigenvalue weighted by molar-refractivity contribution is 5.77. The maximum atomic E-state index is 12.5. The number of hydrogen-bond donors (Lipinski definition) is 0. The maximum absolute atomic E-state index is 12.5. The van der Waals surface area contributed by atoms with Crippen molar-refractivity contribution in [2.24, 2.45) is 11.8 Å². The molecule has 1 unspecified atom stereocenters. The molecule has 1 atom stereocenters. The molecule has 1 amide bonds. The largest absolute Gasteiger partial charge is 0.343 e. The van der Waals surface area contributed by atoms with Crippen molar-refractivity contribution < 1.29 is 4.79 Å². The lowest BCUT2D eigenvalue weighted by Gasteiger charge is -2.31. The van der Waals surface area contributed by atoms with E-state index in [9.17, 15) is 4.79 Å². The zero-order chi connectivity index (χ0) is 15.2. The van der Waals surface area contributed by atoms with Crippen LogP contribution in [0.25, 0.3) is 0 Å². The van der Waals surface area contributed by atoms with Gasteiger partial charge in [-0.25, -0.2) is 0 Å². The van der Waals surface area contributed by atoms with Crippen LogP contribution in [-0.2, 0) is 4.79 Å². The van der Waals surface area contributed by atoms with Crippen molar-refractivity contribution in [1.29, 1.82) is 5.26 Å². The molecule has 112 valence electrons. The zero-order valence-electron chi connectivity index (χ0n) is 13.0. The highest BCUT2D eigenvalue weighted by Gasteiger charge is 2.26. The van der Waals surface area contributed by atoms with Gasteiger partial charge in [-0.3, -0.25) is 4.79 Å². The first-order chi connectivity index (χ1) is 10.1. The van der Waals surface area contributed by atoms with Crippen molar-refractivity contribution in [3.8, 4) is 6.07 Å². The van der Waals surface area contributed by atoms with Crippen LogP contribution in [0.15, 0.2) is 30.3 Å². The molecule has 1 saturated heterocycles. The molecule has 3 nitrogen and oxygen atoms in total. The maximum Gasteiger partial charge on any atom is 0.223 e. The molecule has 0 bridgehead atoms. The summed E-state index contributed by atoms with van der Waals surface area (Å²) in [4.78, 5) is 14.5. The Balaban J connectivity index is 1.98. The van der Waals surface area contributed by atoms with Gasteiger partial charge in [-0.1, -0.05) is 44.2 Å². The fourth-order valence-electron chi connectivity index (χ4n) is 3.01. The Morgan fingerprint density at radius 1 is 1.29 bits per heavy atom. The third kappa shape index (κ3) is 4.07. The van der Waals surface area contributed by atoms with Gasteiger partial charge in [-0.15, -0.1) is 0 Å². The normalized spacial score (nSPS) is 17.5. The average molecular weight is 284 g/mol. The minimum atomic E-state index is 0.129. The van der Waals surface area contributed by atoms with Gasteiger partial charge < -0.3 is 4.90 Å². The summed E-state index contributed by atoms with van der Waals surface area (Å²) in [6.45, 7) is 5.81. The Kier molecular flexibility index (Phi) is 5.38. The smallest absolute Gasteiger partial charge is 0.223 e. The summed E-state index contributed by atoms with van der Waals surface area (Å²) in [5, 5.41) is 8.93. The highest BCUT2D eigenvalue weighted by Crippen LogP contribution is 2.29. The van der Waals surface area contributed by atoms with E-state index in [-0.39, 0.29) is 17.7 Å². The van der Waals surface area contributed by atoms with Crippen LogP contribution in [0, 0.1) is 23.2 Å². The van der Waals surface area contributed by atoms with Gasteiger partial charge in [0.15, 0.2) is 0 Å². The molecule has 0 spiro atoms. The van der Waals surface area contributed by atoms with E-state index >= 15 is 0 Å². The van der Waals surface area contributed by atoms with Gasteiger partial charge in [0.25, 0.3) is 0 Å². The Bertz CT molecular complexity index is 496. The van der Waals surface area contributed by atoms with Gasteiger partial charge in [0.2, 0.25) is 5.91 Å². The van der Waals surface area contributed by atoms with Crippen molar-refractivity contribution in [3.63, 3.8) is 0 Å². The molecule has 1 aliphatic heterocycles. The first-order valence-corrected chi connectivity index (χ1v) is 7.84. The second-order valence-electron chi connectivity index (χ2n) is 6.25. The molecular weight excluding hydrogens is 260 g/mol. The molecule has 1 fully saturated rings. The number of nitriles is 1. The van der Waals surface area contributed by atoms with Gasteiger partial charge >= 0.3 is 0 Å². The standard InChI is InChI=1S/C18H24N2O/c1-14(2)17(16-6-4-3-5-7-16)12-18(21)20-10-8-15(13-19)9-11-20/h3-7,14-15,17H,8-12H2,1-2H3. The fourth-order valence-corrected chi connectivity index (χ4v) is 3.01. The number of carbonyl (C=O) groups excluding carboxylic acids is 1. The van der Waals surface area contributed by atoms with Crippen LogP contribution in [0.2, 0.25) is 0 Å². The van der Waals surface area contributed by atoms with Gasteiger partial charge in [-0.2, -0.15) is 5.26 Å². The molecule has 0 radical (unpaired) electrons. The Hall–Kier alpha value is -1.82. The van der Waals surface area contributed by atoms with Crippen LogP contribution < -0.4 is 0 Å². The van der Waals surface area contributed by atoms with Crippen LogP contribution >= 0.6 is 0 Å².